The minimum absolute atomic E-state index is 0.214. The zero-order valence-corrected chi connectivity index (χ0v) is 27.0. The van der Waals surface area contributed by atoms with Crippen LogP contribution in [0.5, 0.6) is 0 Å². The van der Waals surface area contributed by atoms with Gasteiger partial charge in [-0.3, -0.25) is 9.59 Å². The van der Waals surface area contributed by atoms with Crippen LogP contribution in [0.15, 0.2) is 54.6 Å². The standard InChI is InChI=1S/C34H49N3O6/c1-9-10-16-21-37(28(38)23-35-32(41)43-34(6,7)8)29(26-20-15-14-17-24(26)2)30(39)36-27(31(40)42-33(3,4)5)22-25-18-12-11-13-19-25/h11-15,17-20,27,29H,9-10,16,21-23H2,1-8H3,(H,35,41)(H,36,39). The predicted molar refractivity (Wildman–Crippen MR) is 167 cm³/mol. The van der Waals surface area contributed by atoms with Gasteiger partial charge in [0.2, 0.25) is 11.8 Å². The summed E-state index contributed by atoms with van der Waals surface area (Å²) in [6.45, 7) is 14.4. The van der Waals surface area contributed by atoms with Crippen LogP contribution in [0.1, 0.15) is 90.5 Å². The molecule has 2 rings (SSSR count). The highest BCUT2D eigenvalue weighted by atomic mass is 16.6. The van der Waals surface area contributed by atoms with E-state index in [-0.39, 0.29) is 19.5 Å². The molecule has 0 spiro atoms. The van der Waals surface area contributed by atoms with Crippen molar-refractivity contribution in [1.29, 1.82) is 0 Å². The van der Waals surface area contributed by atoms with E-state index in [9.17, 15) is 19.2 Å². The van der Waals surface area contributed by atoms with Gasteiger partial charge in [-0.05, 0) is 71.6 Å². The highest BCUT2D eigenvalue weighted by Gasteiger charge is 2.36. The number of nitrogens with zero attached hydrogens (tertiary/aromatic N) is 1. The lowest BCUT2D eigenvalue weighted by molar-refractivity contribution is -0.159. The fourth-order valence-electron chi connectivity index (χ4n) is 4.50. The number of amides is 3. The van der Waals surface area contributed by atoms with Gasteiger partial charge in [0.25, 0.3) is 0 Å². The summed E-state index contributed by atoms with van der Waals surface area (Å²) in [4.78, 5) is 55.2. The number of aryl methyl sites for hydroxylation is 1. The van der Waals surface area contributed by atoms with E-state index in [2.05, 4.69) is 17.6 Å². The number of esters is 1. The second-order valence-electron chi connectivity index (χ2n) is 12.7. The molecule has 2 aromatic carbocycles. The highest BCUT2D eigenvalue weighted by Crippen LogP contribution is 2.26. The molecule has 43 heavy (non-hydrogen) atoms. The third-order valence-electron chi connectivity index (χ3n) is 6.44. The van der Waals surface area contributed by atoms with Gasteiger partial charge in [-0.1, -0.05) is 74.4 Å². The quantitative estimate of drug-likeness (QED) is 0.229. The maximum absolute atomic E-state index is 14.2. The summed E-state index contributed by atoms with van der Waals surface area (Å²) in [5, 5.41) is 5.44. The van der Waals surface area contributed by atoms with Crippen molar-refractivity contribution < 1.29 is 28.7 Å². The fraction of sp³-hybridized carbons (Fsp3) is 0.529. The van der Waals surface area contributed by atoms with Crippen LogP contribution in [0.3, 0.4) is 0 Å². The Bertz CT molecular complexity index is 1220. The molecule has 2 aromatic rings. The van der Waals surface area contributed by atoms with Gasteiger partial charge in [0.05, 0.1) is 0 Å². The van der Waals surface area contributed by atoms with Crippen LogP contribution < -0.4 is 10.6 Å². The third-order valence-corrected chi connectivity index (χ3v) is 6.44. The number of ether oxygens (including phenoxy) is 2. The SMILES string of the molecule is CCCCCN(C(=O)CNC(=O)OC(C)(C)C)C(C(=O)NC(Cc1ccccc1)C(=O)OC(C)(C)C)c1ccccc1C. The summed E-state index contributed by atoms with van der Waals surface area (Å²) in [5.74, 6) is -1.52. The van der Waals surface area contributed by atoms with Crippen molar-refractivity contribution in [2.45, 2.75) is 104 Å². The molecule has 0 aliphatic heterocycles. The van der Waals surface area contributed by atoms with Crippen LogP contribution in [0.2, 0.25) is 0 Å². The molecule has 236 valence electrons. The van der Waals surface area contributed by atoms with E-state index >= 15 is 0 Å². The first-order valence-corrected chi connectivity index (χ1v) is 15.0. The summed E-state index contributed by atoms with van der Waals surface area (Å²) in [5.41, 5.74) is 0.801. The van der Waals surface area contributed by atoms with Crippen molar-refractivity contribution in [3.8, 4) is 0 Å². The first-order valence-electron chi connectivity index (χ1n) is 15.0. The zero-order chi connectivity index (χ0) is 32.2. The van der Waals surface area contributed by atoms with Gasteiger partial charge in [-0.25, -0.2) is 9.59 Å². The van der Waals surface area contributed by atoms with E-state index in [1.54, 1.807) is 47.6 Å². The van der Waals surface area contributed by atoms with Gasteiger partial charge >= 0.3 is 12.1 Å². The minimum atomic E-state index is -1.05. The number of hydrogen-bond donors (Lipinski definition) is 2. The molecule has 2 atom stereocenters. The first kappa shape index (κ1) is 35.3. The second kappa shape index (κ2) is 16.1. The van der Waals surface area contributed by atoms with E-state index in [4.69, 9.17) is 9.47 Å². The summed E-state index contributed by atoms with van der Waals surface area (Å²) in [6, 6.07) is 14.7. The molecule has 3 amide bonds. The number of rotatable bonds is 13. The molecular formula is C34H49N3O6. The van der Waals surface area contributed by atoms with Gasteiger partial charge in [-0.15, -0.1) is 0 Å². The van der Waals surface area contributed by atoms with Crippen LogP contribution in [0, 0.1) is 6.92 Å². The molecule has 2 N–H and O–H groups in total. The smallest absolute Gasteiger partial charge is 0.408 e. The van der Waals surface area contributed by atoms with Crippen LogP contribution >= 0.6 is 0 Å². The van der Waals surface area contributed by atoms with E-state index < -0.39 is 47.2 Å². The largest absolute Gasteiger partial charge is 0.458 e. The maximum Gasteiger partial charge on any atom is 0.408 e. The Hall–Kier alpha value is -3.88. The summed E-state index contributed by atoms with van der Waals surface area (Å²) < 4.78 is 11.0. The van der Waals surface area contributed by atoms with Gasteiger partial charge in [0.1, 0.15) is 29.8 Å². The number of alkyl carbamates (subject to hydrolysis) is 1. The van der Waals surface area contributed by atoms with E-state index in [1.165, 1.54) is 4.90 Å². The molecule has 0 aromatic heterocycles. The minimum Gasteiger partial charge on any atom is -0.458 e. The summed E-state index contributed by atoms with van der Waals surface area (Å²) in [7, 11) is 0. The first-order chi connectivity index (χ1) is 20.1. The topological polar surface area (TPSA) is 114 Å². The highest BCUT2D eigenvalue weighted by molar-refractivity contribution is 5.93. The van der Waals surface area contributed by atoms with Crippen molar-refractivity contribution in [3.05, 3.63) is 71.3 Å². The van der Waals surface area contributed by atoms with Gasteiger partial charge in [0.15, 0.2) is 0 Å². The number of unbranched alkanes of at least 4 members (excludes halogenated alkanes) is 2. The third kappa shape index (κ3) is 12.5. The lowest BCUT2D eigenvalue weighted by Gasteiger charge is -2.34. The molecule has 9 nitrogen and oxygen atoms in total. The Morgan fingerprint density at radius 3 is 2.02 bits per heavy atom. The average molecular weight is 596 g/mol. The number of carbonyl (C=O) groups excluding carboxylic acids is 4. The van der Waals surface area contributed by atoms with Crippen molar-refractivity contribution in [2.75, 3.05) is 13.1 Å². The van der Waals surface area contributed by atoms with Crippen molar-refractivity contribution in [1.82, 2.24) is 15.5 Å². The second-order valence-corrected chi connectivity index (χ2v) is 12.7. The molecule has 0 saturated heterocycles. The van der Waals surface area contributed by atoms with Crippen molar-refractivity contribution in [2.24, 2.45) is 0 Å². The lowest BCUT2D eigenvalue weighted by Crippen LogP contribution is -2.52. The number of hydrogen-bond acceptors (Lipinski definition) is 6. The molecular weight excluding hydrogens is 546 g/mol. The molecule has 2 unspecified atom stereocenters. The fourth-order valence-corrected chi connectivity index (χ4v) is 4.50. The average Bonchev–Trinajstić information content (AvgIpc) is 2.90. The van der Waals surface area contributed by atoms with Crippen LogP contribution in [0.25, 0.3) is 0 Å². The molecule has 0 heterocycles. The molecule has 0 aliphatic rings. The Kier molecular flexibility index (Phi) is 13.2. The Balaban J connectivity index is 2.48. The molecule has 0 fully saturated rings. The van der Waals surface area contributed by atoms with Crippen molar-refractivity contribution >= 4 is 23.9 Å². The van der Waals surface area contributed by atoms with Gasteiger partial charge in [-0.2, -0.15) is 0 Å². The van der Waals surface area contributed by atoms with E-state index in [0.29, 0.717) is 12.0 Å². The predicted octanol–water partition coefficient (Wildman–Crippen LogP) is 5.65. The summed E-state index contributed by atoms with van der Waals surface area (Å²) >= 11 is 0. The molecule has 0 aliphatic carbocycles. The number of nitrogens with one attached hydrogen (secondary N) is 2. The molecule has 0 radical (unpaired) electrons. The molecule has 9 heteroatoms. The van der Waals surface area contributed by atoms with Crippen LogP contribution in [-0.2, 0) is 30.3 Å². The maximum atomic E-state index is 14.2. The Morgan fingerprint density at radius 2 is 1.44 bits per heavy atom. The van der Waals surface area contributed by atoms with Crippen LogP contribution in [0.4, 0.5) is 4.79 Å². The van der Waals surface area contributed by atoms with E-state index in [1.807, 2.05) is 55.5 Å². The Labute approximate surface area is 256 Å². The lowest BCUT2D eigenvalue weighted by atomic mass is 9.97. The summed E-state index contributed by atoms with van der Waals surface area (Å²) in [6.07, 6.45) is 1.91. The van der Waals surface area contributed by atoms with E-state index in [0.717, 1.165) is 24.0 Å². The zero-order valence-electron chi connectivity index (χ0n) is 27.0. The van der Waals surface area contributed by atoms with Gasteiger partial charge < -0.3 is 25.0 Å². The number of carbonyl (C=O) groups is 4. The van der Waals surface area contributed by atoms with Gasteiger partial charge in [0, 0.05) is 13.0 Å². The van der Waals surface area contributed by atoms with Crippen molar-refractivity contribution in [3.63, 3.8) is 0 Å². The monoisotopic (exact) mass is 595 g/mol. The Morgan fingerprint density at radius 1 is 0.837 bits per heavy atom. The number of benzene rings is 2. The molecule has 0 bridgehead atoms. The molecule has 0 saturated carbocycles. The van der Waals surface area contributed by atoms with Crippen LogP contribution in [-0.4, -0.2) is 59.1 Å². The normalized spacial score (nSPS) is 12.9.